The van der Waals surface area contributed by atoms with Crippen LogP contribution < -0.4 is 15.0 Å². The summed E-state index contributed by atoms with van der Waals surface area (Å²) in [6.45, 7) is 2.58. The van der Waals surface area contributed by atoms with Crippen LogP contribution in [0, 0.1) is 0 Å². The fourth-order valence-corrected chi connectivity index (χ4v) is 3.36. The molecule has 0 atom stereocenters. The molecular formula is C26H24N2O5. The molecule has 3 aromatic carbocycles. The number of esters is 1. The summed E-state index contributed by atoms with van der Waals surface area (Å²) in [6, 6.07) is 27.1. The van der Waals surface area contributed by atoms with Gasteiger partial charge in [0.05, 0.1) is 29.6 Å². The van der Waals surface area contributed by atoms with Crippen LogP contribution in [0.4, 0.5) is 0 Å². The topological polar surface area (TPSA) is 71.7 Å². The van der Waals surface area contributed by atoms with E-state index in [4.69, 9.17) is 14.2 Å². The molecule has 0 spiro atoms. The number of nitrogens with zero attached hydrogens (tertiary/aromatic N) is 2. The Bertz CT molecular complexity index is 1250. The molecule has 4 aromatic rings. The van der Waals surface area contributed by atoms with Gasteiger partial charge >= 0.3 is 5.97 Å². The standard InChI is InChI=1S/C26H24N2O5/c1-2-31-26(30)20-13-15-23(16-14-20)32-17-18-33-25-19-24(29)27(21-9-5-3-6-10-21)28(25)22-11-7-4-8-12-22/h3-16,19H,2,17-18H2,1H3. The van der Waals surface area contributed by atoms with Crippen molar-refractivity contribution in [3.05, 3.63) is 107 Å². The highest BCUT2D eigenvalue weighted by Crippen LogP contribution is 2.20. The van der Waals surface area contributed by atoms with Crippen molar-refractivity contribution in [1.82, 2.24) is 9.36 Å². The fourth-order valence-electron chi connectivity index (χ4n) is 3.36. The SMILES string of the molecule is CCOC(=O)c1ccc(OCCOc2cc(=O)n(-c3ccccc3)n2-c2ccccc2)cc1. The molecule has 0 aliphatic rings. The van der Waals surface area contributed by atoms with E-state index in [0.717, 1.165) is 11.4 Å². The average Bonchev–Trinajstić information content (AvgIpc) is 3.19. The minimum absolute atomic E-state index is 0.199. The van der Waals surface area contributed by atoms with E-state index in [1.807, 2.05) is 60.7 Å². The number of rotatable bonds is 9. The first-order valence-electron chi connectivity index (χ1n) is 10.7. The molecular weight excluding hydrogens is 420 g/mol. The number of benzene rings is 3. The van der Waals surface area contributed by atoms with Gasteiger partial charge in [0.25, 0.3) is 5.56 Å². The quantitative estimate of drug-likeness (QED) is 0.285. The molecule has 0 unspecified atom stereocenters. The molecule has 0 fully saturated rings. The Balaban J connectivity index is 1.48. The van der Waals surface area contributed by atoms with Gasteiger partial charge in [-0.05, 0) is 55.5 Å². The number of carbonyl (C=O) groups excluding carboxylic acids is 1. The lowest BCUT2D eigenvalue weighted by atomic mass is 10.2. The molecule has 0 saturated heterocycles. The third-order valence-corrected chi connectivity index (χ3v) is 4.83. The summed E-state index contributed by atoms with van der Waals surface area (Å²) < 4.78 is 19.9. The molecule has 0 aliphatic heterocycles. The van der Waals surface area contributed by atoms with Gasteiger partial charge in [0.1, 0.15) is 19.0 Å². The first-order valence-corrected chi connectivity index (χ1v) is 10.7. The maximum Gasteiger partial charge on any atom is 0.338 e. The Morgan fingerprint density at radius 2 is 1.33 bits per heavy atom. The summed E-state index contributed by atoms with van der Waals surface area (Å²) in [6.07, 6.45) is 0. The number of hydrogen-bond donors (Lipinski definition) is 0. The van der Waals surface area contributed by atoms with Crippen molar-refractivity contribution in [3.8, 4) is 23.0 Å². The number of para-hydroxylation sites is 2. The third-order valence-electron chi connectivity index (χ3n) is 4.83. The predicted octanol–water partition coefficient (Wildman–Crippen LogP) is 4.26. The second-order valence-electron chi connectivity index (χ2n) is 7.06. The summed E-state index contributed by atoms with van der Waals surface area (Å²) >= 11 is 0. The van der Waals surface area contributed by atoms with Crippen LogP contribution >= 0.6 is 0 Å². The monoisotopic (exact) mass is 444 g/mol. The summed E-state index contributed by atoms with van der Waals surface area (Å²) in [5, 5.41) is 0. The fraction of sp³-hybridized carbons (Fsp3) is 0.154. The van der Waals surface area contributed by atoms with Crippen molar-refractivity contribution >= 4 is 5.97 Å². The van der Waals surface area contributed by atoms with Gasteiger partial charge < -0.3 is 14.2 Å². The van der Waals surface area contributed by atoms with Crippen molar-refractivity contribution in [1.29, 1.82) is 0 Å². The van der Waals surface area contributed by atoms with E-state index in [-0.39, 0.29) is 24.7 Å². The average molecular weight is 444 g/mol. The lowest BCUT2D eigenvalue weighted by Crippen LogP contribution is -2.20. The number of hydrogen-bond acceptors (Lipinski definition) is 5. The van der Waals surface area contributed by atoms with Crippen molar-refractivity contribution in [2.45, 2.75) is 6.92 Å². The molecule has 0 N–H and O–H groups in total. The lowest BCUT2D eigenvalue weighted by molar-refractivity contribution is 0.0526. The summed E-state index contributed by atoms with van der Waals surface area (Å²) in [5.41, 5.74) is 1.80. The van der Waals surface area contributed by atoms with Gasteiger partial charge in [-0.25, -0.2) is 14.2 Å². The van der Waals surface area contributed by atoms with E-state index in [9.17, 15) is 9.59 Å². The van der Waals surface area contributed by atoms with Gasteiger partial charge in [0.2, 0.25) is 5.88 Å². The molecule has 7 nitrogen and oxygen atoms in total. The van der Waals surface area contributed by atoms with Gasteiger partial charge in [-0.15, -0.1) is 0 Å². The first-order chi connectivity index (χ1) is 16.2. The smallest absolute Gasteiger partial charge is 0.338 e. The number of carbonyl (C=O) groups is 1. The highest BCUT2D eigenvalue weighted by atomic mass is 16.5. The molecule has 168 valence electrons. The minimum Gasteiger partial charge on any atom is -0.490 e. The molecule has 4 rings (SSSR count). The number of aromatic nitrogens is 2. The molecule has 33 heavy (non-hydrogen) atoms. The van der Waals surface area contributed by atoms with Crippen molar-refractivity contribution in [3.63, 3.8) is 0 Å². The van der Waals surface area contributed by atoms with Crippen LogP contribution in [0.3, 0.4) is 0 Å². The van der Waals surface area contributed by atoms with Crippen LogP contribution in [0.1, 0.15) is 17.3 Å². The van der Waals surface area contributed by atoms with E-state index < -0.39 is 0 Å². The minimum atomic E-state index is -0.366. The van der Waals surface area contributed by atoms with Crippen molar-refractivity contribution < 1.29 is 19.0 Å². The summed E-state index contributed by atoms with van der Waals surface area (Å²) in [5.74, 6) is 0.652. The van der Waals surface area contributed by atoms with Crippen molar-refractivity contribution in [2.24, 2.45) is 0 Å². The zero-order valence-corrected chi connectivity index (χ0v) is 18.2. The second kappa shape index (κ2) is 10.4. The van der Waals surface area contributed by atoms with Gasteiger partial charge in [0.15, 0.2) is 0 Å². The summed E-state index contributed by atoms with van der Waals surface area (Å²) in [4.78, 5) is 24.6. The molecule has 0 aliphatic carbocycles. The molecule has 0 saturated carbocycles. The molecule has 7 heteroatoms. The zero-order chi connectivity index (χ0) is 23.0. The number of ether oxygens (including phenoxy) is 3. The molecule has 0 radical (unpaired) electrons. The Labute approximate surface area is 191 Å². The molecule has 1 aromatic heterocycles. The Morgan fingerprint density at radius 1 is 0.758 bits per heavy atom. The first kappa shape index (κ1) is 22.0. The van der Waals surface area contributed by atoms with Gasteiger partial charge in [-0.3, -0.25) is 4.79 Å². The maximum absolute atomic E-state index is 12.8. The Morgan fingerprint density at radius 3 is 1.94 bits per heavy atom. The normalized spacial score (nSPS) is 10.6. The van der Waals surface area contributed by atoms with Gasteiger partial charge in [-0.2, -0.15) is 0 Å². The van der Waals surface area contributed by atoms with Crippen LogP contribution in [-0.4, -0.2) is 35.2 Å². The van der Waals surface area contributed by atoms with Crippen LogP contribution in [0.2, 0.25) is 0 Å². The maximum atomic E-state index is 12.8. The van der Waals surface area contributed by atoms with Crippen LogP contribution in [0.15, 0.2) is 95.8 Å². The second-order valence-corrected chi connectivity index (χ2v) is 7.06. The van der Waals surface area contributed by atoms with Crippen LogP contribution in [0.25, 0.3) is 11.4 Å². The van der Waals surface area contributed by atoms with Crippen molar-refractivity contribution in [2.75, 3.05) is 19.8 Å². The third kappa shape index (κ3) is 5.15. The molecule has 1 heterocycles. The lowest BCUT2D eigenvalue weighted by Gasteiger charge is -2.15. The van der Waals surface area contributed by atoms with Gasteiger partial charge in [-0.1, -0.05) is 36.4 Å². The molecule has 0 amide bonds. The van der Waals surface area contributed by atoms with E-state index in [2.05, 4.69) is 0 Å². The van der Waals surface area contributed by atoms with Crippen LogP contribution in [0.5, 0.6) is 11.6 Å². The largest absolute Gasteiger partial charge is 0.490 e. The summed E-state index contributed by atoms with van der Waals surface area (Å²) in [7, 11) is 0. The molecule has 0 bridgehead atoms. The zero-order valence-electron chi connectivity index (χ0n) is 18.2. The van der Waals surface area contributed by atoms with E-state index in [0.29, 0.717) is 23.8 Å². The highest BCUT2D eigenvalue weighted by molar-refractivity contribution is 5.89. The Hall–Kier alpha value is -4.26. The highest BCUT2D eigenvalue weighted by Gasteiger charge is 2.16. The van der Waals surface area contributed by atoms with Crippen LogP contribution in [-0.2, 0) is 4.74 Å². The van der Waals surface area contributed by atoms with E-state index in [1.54, 1.807) is 40.6 Å². The van der Waals surface area contributed by atoms with E-state index >= 15 is 0 Å². The van der Waals surface area contributed by atoms with E-state index in [1.165, 1.54) is 6.07 Å². The predicted molar refractivity (Wildman–Crippen MR) is 125 cm³/mol. The Kier molecular flexibility index (Phi) is 6.90. The van der Waals surface area contributed by atoms with Gasteiger partial charge in [0, 0.05) is 0 Å².